The average Bonchev–Trinajstić information content (AvgIpc) is 2.45. The topological polar surface area (TPSA) is 62.4 Å². The van der Waals surface area contributed by atoms with Crippen LogP contribution in [0.2, 0.25) is 0 Å². The van der Waals surface area contributed by atoms with Crippen LogP contribution in [0.1, 0.15) is 24.0 Å². The smallest absolute Gasteiger partial charge is 0.121 e. The summed E-state index contributed by atoms with van der Waals surface area (Å²) in [5, 5.41) is 6.43. The van der Waals surface area contributed by atoms with Crippen LogP contribution in [-0.4, -0.2) is 12.9 Å². The van der Waals surface area contributed by atoms with Gasteiger partial charge in [-0.25, -0.2) is 4.99 Å². The summed E-state index contributed by atoms with van der Waals surface area (Å²) in [5.41, 5.74) is 7.90. The van der Waals surface area contributed by atoms with Gasteiger partial charge >= 0.3 is 0 Å². The van der Waals surface area contributed by atoms with Crippen LogP contribution in [0.25, 0.3) is 0 Å². The molecular formula is C14H20N4. The summed E-state index contributed by atoms with van der Waals surface area (Å²) in [7, 11) is 0. The Labute approximate surface area is 108 Å². The van der Waals surface area contributed by atoms with Gasteiger partial charge in [-0.05, 0) is 30.0 Å². The zero-order chi connectivity index (χ0) is 12.6. The van der Waals surface area contributed by atoms with Gasteiger partial charge in [0, 0.05) is 26.0 Å². The molecule has 0 spiro atoms. The van der Waals surface area contributed by atoms with Crippen molar-refractivity contribution in [1.82, 2.24) is 10.6 Å². The maximum Gasteiger partial charge on any atom is 0.121 e. The molecule has 0 saturated heterocycles. The molecule has 1 aromatic rings. The number of allylic oxidation sites excluding steroid dienone is 1. The fourth-order valence-electron chi connectivity index (χ4n) is 1.81. The van der Waals surface area contributed by atoms with E-state index in [-0.39, 0.29) is 0 Å². The van der Waals surface area contributed by atoms with Crippen molar-refractivity contribution in [3.05, 3.63) is 47.3 Å². The van der Waals surface area contributed by atoms with E-state index in [9.17, 15) is 0 Å². The van der Waals surface area contributed by atoms with Gasteiger partial charge in [-0.3, -0.25) is 0 Å². The predicted octanol–water partition coefficient (Wildman–Crippen LogP) is 1.49. The summed E-state index contributed by atoms with van der Waals surface area (Å²) in [5.74, 6) is 0.982. The SMILES string of the molecule is NCNCc1ccc(CNC2=CCCC=N2)cc1. The summed E-state index contributed by atoms with van der Waals surface area (Å²) in [4.78, 5) is 4.30. The molecule has 1 aromatic carbocycles. The molecule has 0 aromatic heterocycles. The Balaban J connectivity index is 1.82. The second kappa shape index (κ2) is 6.93. The zero-order valence-electron chi connectivity index (χ0n) is 10.5. The first-order valence-electron chi connectivity index (χ1n) is 6.33. The van der Waals surface area contributed by atoms with Gasteiger partial charge < -0.3 is 16.4 Å². The molecular weight excluding hydrogens is 224 g/mol. The lowest BCUT2D eigenvalue weighted by molar-refractivity contribution is 0.708. The van der Waals surface area contributed by atoms with Crippen LogP contribution in [-0.2, 0) is 13.1 Å². The minimum Gasteiger partial charge on any atom is -0.366 e. The normalized spacial score (nSPS) is 14.4. The molecule has 0 saturated carbocycles. The van der Waals surface area contributed by atoms with E-state index >= 15 is 0 Å². The molecule has 4 heteroatoms. The van der Waals surface area contributed by atoms with Crippen molar-refractivity contribution in [2.45, 2.75) is 25.9 Å². The Hall–Kier alpha value is -1.65. The van der Waals surface area contributed by atoms with Crippen LogP contribution in [0.3, 0.4) is 0 Å². The van der Waals surface area contributed by atoms with Gasteiger partial charge in [0.25, 0.3) is 0 Å². The van der Waals surface area contributed by atoms with Crippen LogP contribution in [0.15, 0.2) is 41.2 Å². The Bertz CT molecular complexity index is 420. The van der Waals surface area contributed by atoms with E-state index < -0.39 is 0 Å². The van der Waals surface area contributed by atoms with Gasteiger partial charge in [0.1, 0.15) is 5.82 Å². The highest BCUT2D eigenvalue weighted by molar-refractivity contribution is 5.60. The molecule has 0 atom stereocenters. The standard InChI is InChI=1S/C14H20N4/c15-11-16-9-12-4-6-13(7-5-12)10-18-14-3-1-2-8-17-14/h3-8,16,18H,1-2,9-11,15H2. The summed E-state index contributed by atoms with van der Waals surface area (Å²) >= 11 is 0. The van der Waals surface area contributed by atoms with Crippen molar-refractivity contribution < 1.29 is 0 Å². The number of hydrogen-bond acceptors (Lipinski definition) is 4. The molecule has 0 unspecified atom stereocenters. The van der Waals surface area contributed by atoms with Gasteiger partial charge in [-0.2, -0.15) is 0 Å². The third kappa shape index (κ3) is 3.98. The van der Waals surface area contributed by atoms with E-state index in [1.165, 1.54) is 11.1 Å². The van der Waals surface area contributed by atoms with Gasteiger partial charge in [-0.15, -0.1) is 0 Å². The summed E-state index contributed by atoms with van der Waals surface area (Å²) < 4.78 is 0. The monoisotopic (exact) mass is 244 g/mol. The number of nitrogens with two attached hydrogens (primary N) is 1. The Morgan fingerprint density at radius 2 is 1.78 bits per heavy atom. The van der Waals surface area contributed by atoms with Crippen molar-refractivity contribution >= 4 is 6.21 Å². The lowest BCUT2D eigenvalue weighted by atomic mass is 10.1. The van der Waals surface area contributed by atoms with Gasteiger partial charge in [0.2, 0.25) is 0 Å². The second-order valence-electron chi connectivity index (χ2n) is 4.28. The molecule has 18 heavy (non-hydrogen) atoms. The van der Waals surface area contributed by atoms with Crippen molar-refractivity contribution in [2.24, 2.45) is 10.7 Å². The first kappa shape index (κ1) is 12.8. The molecule has 0 amide bonds. The first-order valence-corrected chi connectivity index (χ1v) is 6.33. The fourth-order valence-corrected chi connectivity index (χ4v) is 1.81. The quantitative estimate of drug-likeness (QED) is 0.664. The molecule has 2 rings (SSSR count). The van der Waals surface area contributed by atoms with E-state index in [1.54, 1.807) is 0 Å². The van der Waals surface area contributed by atoms with Crippen molar-refractivity contribution in [3.8, 4) is 0 Å². The van der Waals surface area contributed by atoms with Crippen LogP contribution >= 0.6 is 0 Å². The predicted molar refractivity (Wildman–Crippen MR) is 75.0 cm³/mol. The lowest BCUT2D eigenvalue weighted by Crippen LogP contribution is -2.21. The molecule has 1 aliphatic rings. The number of nitrogens with one attached hydrogen (secondary N) is 2. The van der Waals surface area contributed by atoms with Crippen LogP contribution in [0, 0.1) is 0 Å². The number of rotatable bonds is 6. The summed E-state index contributed by atoms with van der Waals surface area (Å²) in [6, 6.07) is 8.51. The number of hydrogen-bond donors (Lipinski definition) is 3. The molecule has 0 radical (unpaired) electrons. The highest BCUT2D eigenvalue weighted by Crippen LogP contribution is 2.07. The molecule has 0 aliphatic carbocycles. The zero-order valence-corrected chi connectivity index (χ0v) is 10.5. The van der Waals surface area contributed by atoms with E-state index in [1.807, 2.05) is 6.21 Å². The molecule has 0 bridgehead atoms. The molecule has 1 aliphatic heterocycles. The van der Waals surface area contributed by atoms with Crippen molar-refractivity contribution in [1.29, 1.82) is 0 Å². The minimum absolute atomic E-state index is 0.509. The Morgan fingerprint density at radius 3 is 2.39 bits per heavy atom. The highest BCUT2D eigenvalue weighted by atomic mass is 15.0. The minimum atomic E-state index is 0.509. The highest BCUT2D eigenvalue weighted by Gasteiger charge is 1.99. The second-order valence-corrected chi connectivity index (χ2v) is 4.28. The van der Waals surface area contributed by atoms with Crippen LogP contribution in [0.5, 0.6) is 0 Å². The van der Waals surface area contributed by atoms with Crippen molar-refractivity contribution in [2.75, 3.05) is 6.67 Å². The number of aliphatic imine (C=N–C) groups is 1. The van der Waals surface area contributed by atoms with Gasteiger partial charge in [0.05, 0.1) is 0 Å². The van der Waals surface area contributed by atoms with E-state index in [0.717, 1.165) is 31.8 Å². The molecule has 0 fully saturated rings. The van der Waals surface area contributed by atoms with E-state index in [0.29, 0.717) is 6.67 Å². The fraction of sp³-hybridized carbons (Fsp3) is 0.357. The number of benzene rings is 1. The molecule has 4 nitrogen and oxygen atoms in total. The van der Waals surface area contributed by atoms with Crippen LogP contribution in [0.4, 0.5) is 0 Å². The Kier molecular flexibility index (Phi) is 4.93. The summed E-state index contributed by atoms with van der Waals surface area (Å²) in [6.45, 7) is 2.14. The van der Waals surface area contributed by atoms with Gasteiger partial charge in [0.15, 0.2) is 0 Å². The Morgan fingerprint density at radius 1 is 1.06 bits per heavy atom. The van der Waals surface area contributed by atoms with E-state index in [2.05, 4.69) is 46.0 Å². The first-order chi connectivity index (χ1) is 8.88. The van der Waals surface area contributed by atoms with E-state index in [4.69, 9.17) is 5.73 Å². The largest absolute Gasteiger partial charge is 0.366 e. The van der Waals surface area contributed by atoms with Gasteiger partial charge in [-0.1, -0.05) is 24.3 Å². The average molecular weight is 244 g/mol. The maximum absolute atomic E-state index is 5.40. The third-order valence-electron chi connectivity index (χ3n) is 2.83. The van der Waals surface area contributed by atoms with Crippen molar-refractivity contribution in [3.63, 3.8) is 0 Å². The molecule has 4 N–H and O–H groups in total. The maximum atomic E-state index is 5.40. The van der Waals surface area contributed by atoms with Crippen LogP contribution < -0.4 is 16.4 Å². The molecule has 96 valence electrons. The molecule has 1 heterocycles. The third-order valence-corrected chi connectivity index (χ3v) is 2.83. The number of nitrogens with zero attached hydrogens (tertiary/aromatic N) is 1. The summed E-state index contributed by atoms with van der Waals surface area (Å²) in [6.07, 6.45) is 6.23. The lowest BCUT2D eigenvalue weighted by Gasteiger charge is -2.10.